The molecule has 1 saturated carbocycles. The van der Waals surface area contributed by atoms with E-state index >= 15 is 0 Å². The van der Waals surface area contributed by atoms with Crippen LogP contribution >= 0.6 is 0 Å². The van der Waals surface area contributed by atoms with Crippen LogP contribution in [0.2, 0.25) is 0 Å². The first-order chi connectivity index (χ1) is 15.2. The van der Waals surface area contributed by atoms with Gasteiger partial charge >= 0.3 is 6.18 Å². The van der Waals surface area contributed by atoms with Gasteiger partial charge in [-0.3, -0.25) is 14.6 Å². The van der Waals surface area contributed by atoms with Gasteiger partial charge in [-0.2, -0.15) is 18.2 Å². The molecular weight excluding hydrogens is 427 g/mol. The molecule has 7 nitrogen and oxygen atoms in total. The molecule has 0 aliphatic heterocycles. The van der Waals surface area contributed by atoms with Crippen LogP contribution in [0.15, 0.2) is 30.5 Å². The number of halogens is 3. The molecule has 1 amide bonds. The molecule has 0 radical (unpaired) electrons. The Kier molecular flexibility index (Phi) is 7.32. The lowest BCUT2D eigenvalue weighted by Gasteiger charge is -2.23. The molecular formula is C22H24F3N3O4. The van der Waals surface area contributed by atoms with Crippen molar-refractivity contribution < 1.29 is 32.2 Å². The van der Waals surface area contributed by atoms with Crippen molar-refractivity contribution in [1.29, 1.82) is 0 Å². The summed E-state index contributed by atoms with van der Waals surface area (Å²) in [4.78, 5) is 33.0. The number of ketones is 1. The third-order valence-electron chi connectivity index (χ3n) is 5.26. The summed E-state index contributed by atoms with van der Waals surface area (Å²) in [6.45, 7) is 0.269. The monoisotopic (exact) mass is 451 g/mol. The number of methoxy groups -OCH3 is 1. The van der Waals surface area contributed by atoms with Crippen LogP contribution in [0.1, 0.15) is 53.8 Å². The minimum absolute atomic E-state index is 0.0492. The van der Waals surface area contributed by atoms with E-state index in [1.807, 2.05) is 0 Å². The molecule has 1 aliphatic carbocycles. The predicted octanol–water partition coefficient (Wildman–Crippen LogP) is 3.83. The second kappa shape index (κ2) is 9.97. The van der Waals surface area contributed by atoms with Gasteiger partial charge in [0.15, 0.2) is 6.61 Å². The highest BCUT2D eigenvalue weighted by atomic mass is 19.4. The first-order valence-corrected chi connectivity index (χ1v) is 10.2. The minimum atomic E-state index is -4.51. The van der Waals surface area contributed by atoms with Crippen LogP contribution in [0.4, 0.5) is 13.2 Å². The van der Waals surface area contributed by atoms with Gasteiger partial charge in [-0.1, -0.05) is 6.42 Å². The summed E-state index contributed by atoms with van der Waals surface area (Å²) >= 11 is 0. The first kappa shape index (κ1) is 23.5. The largest absolute Gasteiger partial charge is 0.480 e. The second-order valence-corrected chi connectivity index (χ2v) is 7.66. The number of nitrogens with zero attached hydrogens (tertiary/aromatic N) is 2. The lowest BCUT2D eigenvalue weighted by Crippen LogP contribution is -2.28. The zero-order chi connectivity index (χ0) is 23.3. The van der Waals surface area contributed by atoms with Crippen LogP contribution in [0, 0.1) is 5.92 Å². The topological polar surface area (TPSA) is 90.4 Å². The highest BCUT2D eigenvalue weighted by Gasteiger charge is 2.29. The molecule has 0 bridgehead atoms. The maximum Gasteiger partial charge on any atom is 0.422 e. The molecule has 10 heteroatoms. The van der Waals surface area contributed by atoms with Crippen molar-refractivity contribution >= 4 is 11.7 Å². The van der Waals surface area contributed by atoms with E-state index in [1.165, 1.54) is 19.2 Å². The fraction of sp³-hybridized carbons (Fsp3) is 0.455. The van der Waals surface area contributed by atoms with Crippen molar-refractivity contribution in [2.45, 2.75) is 44.8 Å². The number of hydrogen-bond donors (Lipinski definition) is 1. The van der Waals surface area contributed by atoms with Crippen LogP contribution in [0.25, 0.3) is 0 Å². The van der Waals surface area contributed by atoms with E-state index in [1.54, 1.807) is 25.3 Å². The summed E-state index contributed by atoms with van der Waals surface area (Å²) in [7, 11) is 1.25. The molecule has 1 fully saturated rings. The standard InChI is InChI=1S/C22H24F3N3O4/c1-13(15-8-9-26-16(10-15)11-18(29)14-4-3-5-14)27-20(30)17-6-7-19(28-21(17)31-2)32-12-22(23,24)25/h6-10,13-14H,3-5,11-12H2,1-2H3,(H,27,30). The molecule has 3 rings (SSSR count). The number of aromatic nitrogens is 2. The van der Waals surface area contributed by atoms with Crippen LogP contribution < -0.4 is 14.8 Å². The molecule has 0 aromatic carbocycles. The number of amides is 1. The molecule has 32 heavy (non-hydrogen) atoms. The van der Waals surface area contributed by atoms with Gasteiger partial charge in [-0.15, -0.1) is 0 Å². The molecule has 0 saturated heterocycles. The molecule has 2 aromatic heterocycles. The molecule has 1 unspecified atom stereocenters. The Morgan fingerprint density at radius 2 is 2.00 bits per heavy atom. The van der Waals surface area contributed by atoms with Crippen molar-refractivity contribution in [2.24, 2.45) is 5.92 Å². The van der Waals surface area contributed by atoms with Gasteiger partial charge < -0.3 is 14.8 Å². The highest BCUT2D eigenvalue weighted by molar-refractivity contribution is 5.96. The summed E-state index contributed by atoms with van der Waals surface area (Å²) in [6, 6.07) is 5.56. The average Bonchev–Trinajstić information content (AvgIpc) is 2.70. The lowest BCUT2D eigenvalue weighted by molar-refractivity contribution is -0.154. The maximum atomic E-state index is 12.7. The Bertz CT molecular complexity index is 977. The summed E-state index contributed by atoms with van der Waals surface area (Å²) in [5.74, 6) is -0.676. The Morgan fingerprint density at radius 3 is 2.62 bits per heavy atom. The number of rotatable bonds is 9. The molecule has 0 spiro atoms. The van der Waals surface area contributed by atoms with Crippen molar-refractivity contribution in [3.05, 3.63) is 47.3 Å². The van der Waals surface area contributed by atoms with Gasteiger partial charge in [-0.05, 0) is 43.5 Å². The van der Waals surface area contributed by atoms with E-state index in [0.29, 0.717) is 5.69 Å². The van der Waals surface area contributed by atoms with Gasteiger partial charge in [0.1, 0.15) is 11.3 Å². The number of ether oxygens (including phenoxy) is 2. The fourth-order valence-corrected chi connectivity index (χ4v) is 3.26. The molecule has 1 N–H and O–H groups in total. The Hall–Kier alpha value is -3.17. The quantitative estimate of drug-likeness (QED) is 0.623. The van der Waals surface area contributed by atoms with Gasteiger partial charge in [0.2, 0.25) is 11.8 Å². The smallest absolute Gasteiger partial charge is 0.422 e. The second-order valence-electron chi connectivity index (χ2n) is 7.66. The summed E-state index contributed by atoms with van der Waals surface area (Å²) in [6.07, 6.45) is 0.293. The SMILES string of the molecule is COc1nc(OCC(F)(F)F)ccc1C(=O)NC(C)c1ccnc(CC(=O)C2CCC2)c1. The van der Waals surface area contributed by atoms with E-state index in [9.17, 15) is 22.8 Å². The number of hydrogen-bond acceptors (Lipinski definition) is 6. The average molecular weight is 451 g/mol. The Labute approximate surface area is 183 Å². The van der Waals surface area contributed by atoms with E-state index in [4.69, 9.17) is 4.74 Å². The molecule has 1 atom stereocenters. The molecule has 2 aromatic rings. The van der Waals surface area contributed by atoms with Gasteiger partial charge in [0.25, 0.3) is 5.91 Å². The van der Waals surface area contributed by atoms with Crippen molar-refractivity contribution in [3.8, 4) is 11.8 Å². The van der Waals surface area contributed by atoms with Gasteiger partial charge in [-0.25, -0.2) is 0 Å². The van der Waals surface area contributed by atoms with Crippen LogP contribution in [0.5, 0.6) is 11.8 Å². The number of carbonyl (C=O) groups excluding carboxylic acids is 2. The van der Waals surface area contributed by atoms with Gasteiger partial charge in [0, 0.05) is 30.3 Å². The fourth-order valence-electron chi connectivity index (χ4n) is 3.26. The Morgan fingerprint density at radius 1 is 1.25 bits per heavy atom. The summed E-state index contributed by atoms with van der Waals surface area (Å²) < 4.78 is 46.6. The van der Waals surface area contributed by atoms with Crippen LogP contribution in [0.3, 0.4) is 0 Å². The first-order valence-electron chi connectivity index (χ1n) is 10.2. The summed E-state index contributed by atoms with van der Waals surface area (Å²) in [5.41, 5.74) is 1.46. The van der Waals surface area contributed by atoms with Crippen molar-refractivity contribution in [1.82, 2.24) is 15.3 Å². The highest BCUT2D eigenvalue weighted by Crippen LogP contribution is 2.28. The van der Waals surface area contributed by atoms with Crippen LogP contribution in [-0.4, -0.2) is 41.6 Å². The number of carbonyl (C=O) groups is 2. The number of pyridine rings is 2. The molecule has 2 heterocycles. The Balaban J connectivity index is 1.66. The molecule has 1 aliphatic rings. The molecule has 172 valence electrons. The predicted molar refractivity (Wildman–Crippen MR) is 109 cm³/mol. The number of alkyl halides is 3. The maximum absolute atomic E-state index is 12.7. The van der Waals surface area contributed by atoms with Crippen LogP contribution in [-0.2, 0) is 11.2 Å². The third kappa shape index (κ3) is 6.18. The zero-order valence-electron chi connectivity index (χ0n) is 17.7. The number of Topliss-reactive ketones (excluding diaryl/α,β-unsaturated/α-hetero) is 1. The normalized spacial score (nSPS) is 14.9. The summed E-state index contributed by atoms with van der Waals surface area (Å²) in [5, 5.41) is 2.80. The van der Waals surface area contributed by atoms with E-state index < -0.39 is 24.7 Å². The van der Waals surface area contributed by atoms with E-state index in [0.717, 1.165) is 24.8 Å². The van der Waals surface area contributed by atoms with E-state index in [2.05, 4.69) is 20.0 Å². The van der Waals surface area contributed by atoms with Gasteiger partial charge in [0.05, 0.1) is 13.2 Å². The third-order valence-corrected chi connectivity index (χ3v) is 5.26. The van der Waals surface area contributed by atoms with Crippen molar-refractivity contribution in [2.75, 3.05) is 13.7 Å². The lowest BCUT2D eigenvalue weighted by atomic mass is 9.81. The zero-order valence-corrected chi connectivity index (χ0v) is 17.7. The minimum Gasteiger partial charge on any atom is -0.480 e. The van der Waals surface area contributed by atoms with E-state index in [-0.39, 0.29) is 35.4 Å². The van der Waals surface area contributed by atoms with Crippen molar-refractivity contribution in [3.63, 3.8) is 0 Å². The number of nitrogens with one attached hydrogen (secondary N) is 1.